The van der Waals surface area contributed by atoms with Crippen molar-refractivity contribution in [1.82, 2.24) is 0 Å². The quantitative estimate of drug-likeness (QED) is 0.630. The Hall–Kier alpha value is -3.09. The largest absolute Gasteiger partial charge is 0.313 e. The van der Waals surface area contributed by atoms with Crippen LogP contribution in [-0.4, -0.2) is 30.1 Å². The van der Waals surface area contributed by atoms with Crippen molar-refractivity contribution in [3.8, 4) is 0 Å². The van der Waals surface area contributed by atoms with Crippen molar-refractivity contribution < 1.29 is 14.1 Å². The van der Waals surface area contributed by atoms with Gasteiger partial charge in [0.05, 0.1) is 16.3 Å². The Kier molecular flexibility index (Phi) is 3.61. The summed E-state index contributed by atoms with van der Waals surface area (Å²) in [5.41, 5.74) is 1.12. The normalized spacial score (nSPS) is 14.1. The van der Waals surface area contributed by atoms with E-state index in [0.29, 0.717) is 11.3 Å². The molecule has 0 radical (unpaired) electrons. The van der Waals surface area contributed by atoms with Gasteiger partial charge in [0, 0.05) is 30.3 Å². The maximum absolute atomic E-state index is 14.1. The molecular weight excluding hydrogens is 307 g/mol. The van der Waals surface area contributed by atoms with Gasteiger partial charge in [-0.2, -0.15) is 0 Å². The van der Waals surface area contributed by atoms with Crippen LogP contribution in [0.25, 0.3) is 0 Å². The molecule has 0 bridgehead atoms. The van der Waals surface area contributed by atoms with Gasteiger partial charge in [-0.1, -0.05) is 12.1 Å². The fourth-order valence-electron chi connectivity index (χ4n) is 2.48. The lowest BCUT2D eigenvalue weighted by molar-refractivity contribution is -0.384. The number of likely N-dealkylation sites (N-methyl/N-ethyl adjacent to an activating group) is 1. The first-order valence-electron chi connectivity index (χ1n) is 6.84. The van der Waals surface area contributed by atoms with Crippen molar-refractivity contribution in [2.45, 2.75) is 0 Å². The van der Waals surface area contributed by atoms with Crippen molar-refractivity contribution in [3.63, 3.8) is 0 Å². The van der Waals surface area contributed by atoms with Gasteiger partial charge in [0.1, 0.15) is 12.4 Å². The molecule has 1 heterocycles. The number of benzene rings is 2. The Bertz CT molecular complexity index is 848. The number of hydrogen-bond acceptors (Lipinski definition) is 4. The van der Waals surface area contributed by atoms with Gasteiger partial charge in [0.25, 0.3) is 5.69 Å². The molecule has 3 rings (SSSR count). The van der Waals surface area contributed by atoms with Crippen molar-refractivity contribution in [2.24, 2.45) is 4.99 Å². The van der Waals surface area contributed by atoms with Crippen LogP contribution >= 0.6 is 0 Å². The number of halogens is 1. The number of fused-ring (bicyclic) bond motifs is 1. The fourth-order valence-corrected chi connectivity index (χ4v) is 2.48. The number of aliphatic imine (C=N–C) groups is 1. The van der Waals surface area contributed by atoms with Crippen LogP contribution in [0.15, 0.2) is 47.5 Å². The number of carbonyl (C=O) groups excluding carboxylic acids is 1. The average molecular weight is 319 g/mol. The van der Waals surface area contributed by atoms with E-state index in [1.165, 1.54) is 35.2 Å². The molecule has 1 amide bonds. The van der Waals surface area contributed by atoms with E-state index in [1.54, 1.807) is 19.2 Å². The predicted molar refractivity (Wildman–Crippen MR) is 83.4 cm³/mol. The van der Waals surface area contributed by atoms with Gasteiger partial charge < -0.3 is 4.90 Å². The number of amides is 1. The molecule has 116 valence electrons. The van der Waals surface area contributed by atoms with Gasteiger partial charge in [0.15, 0.2) is 0 Å². The smallest absolute Gasteiger partial charge is 0.270 e. The van der Waals surface area contributed by atoms with E-state index < -0.39 is 10.7 Å². The summed E-state index contributed by atoms with van der Waals surface area (Å²) in [5.74, 6) is -0.771. The van der Waals surface area contributed by atoms with E-state index in [0.717, 1.165) is 0 Å². The summed E-state index contributed by atoms with van der Waals surface area (Å²) in [6.45, 7) is -0.150. The summed E-state index contributed by atoms with van der Waals surface area (Å²) >= 11 is 0. The van der Waals surface area contributed by atoms with E-state index >= 15 is 0 Å². The monoisotopic (exact) mass is 319 g/mol. The van der Waals surface area contributed by atoms with Gasteiger partial charge >= 0.3 is 0 Å². The molecule has 0 saturated carbocycles. The van der Waals surface area contributed by atoms with Crippen molar-refractivity contribution in [3.05, 3.63) is 69.5 Å². The molecule has 0 atom stereocenters. The third-order valence-corrected chi connectivity index (χ3v) is 3.68. The van der Waals surface area contributed by atoms with Crippen LogP contribution in [0.1, 0.15) is 11.1 Å². The summed E-state index contributed by atoms with van der Waals surface area (Å²) in [7, 11) is 1.56. The van der Waals surface area contributed by atoms with E-state index in [9.17, 15) is 19.3 Å². The molecule has 0 saturated heterocycles. The number of benzodiazepines with no additional fused rings is 1. The summed E-state index contributed by atoms with van der Waals surface area (Å²) in [5, 5.41) is 11.0. The zero-order chi connectivity index (χ0) is 16.6. The number of anilines is 1. The Morgan fingerprint density at radius 2 is 1.96 bits per heavy atom. The zero-order valence-electron chi connectivity index (χ0n) is 12.2. The fraction of sp³-hybridized carbons (Fsp3) is 0.125. The highest BCUT2D eigenvalue weighted by atomic mass is 19.1. The van der Waals surface area contributed by atoms with E-state index in [1.807, 2.05) is 0 Å². The Balaban J connectivity index is 2.27. The summed E-state index contributed by atoms with van der Waals surface area (Å²) in [4.78, 5) is 28.1. The van der Waals surface area contributed by atoms with Crippen molar-refractivity contribution in [1.29, 1.82) is 0 Å². The molecule has 2 aromatic rings. The summed E-state index contributed by atoms with van der Waals surface area (Å²) < 4.78 is 14.1. The molecular formula is C16H12FN3O3. The van der Waals surface area contributed by atoms with Gasteiger partial charge in [-0.3, -0.25) is 19.9 Å². The number of non-ortho nitro benzene ring substituents is 1. The Labute approximate surface area is 131 Å². The number of carbonyl (C=O) groups is 1. The number of nitrogens with zero attached hydrogens (tertiary/aromatic N) is 3. The minimum Gasteiger partial charge on any atom is -0.313 e. The number of hydrogen-bond donors (Lipinski definition) is 0. The first-order chi connectivity index (χ1) is 11.0. The third-order valence-electron chi connectivity index (χ3n) is 3.68. The minimum atomic E-state index is -0.536. The SMILES string of the molecule is CN1C(=O)CN=C(c2ccccc2F)[13c]2[13cH][13c]([N+](=O)[O-])[13cH][13cH][13c]21. The lowest BCUT2D eigenvalue weighted by Gasteiger charge is -2.17. The molecule has 0 aromatic heterocycles. The zero-order valence-corrected chi connectivity index (χ0v) is 12.2. The molecule has 2 aromatic carbocycles. The van der Waals surface area contributed by atoms with Crippen LogP contribution in [0.2, 0.25) is 0 Å². The minimum absolute atomic E-state index is 0.143. The maximum Gasteiger partial charge on any atom is 0.270 e. The highest BCUT2D eigenvalue weighted by molar-refractivity contribution is 6.19. The highest BCUT2D eigenvalue weighted by Crippen LogP contribution is 2.30. The Morgan fingerprint density at radius 3 is 2.65 bits per heavy atom. The van der Waals surface area contributed by atoms with Gasteiger partial charge in [0.2, 0.25) is 5.91 Å². The molecule has 0 aliphatic carbocycles. The van der Waals surface area contributed by atoms with Crippen LogP contribution in [0.4, 0.5) is 15.8 Å². The Morgan fingerprint density at radius 1 is 1.22 bits per heavy atom. The number of nitro benzene ring substituents is 1. The second kappa shape index (κ2) is 5.60. The first-order valence-corrected chi connectivity index (χ1v) is 6.84. The third kappa shape index (κ3) is 2.57. The first kappa shape index (κ1) is 14.8. The molecule has 1 aliphatic heterocycles. The van der Waals surface area contributed by atoms with Crippen LogP contribution in [0.5, 0.6) is 0 Å². The second-order valence-electron chi connectivity index (χ2n) is 5.06. The van der Waals surface area contributed by atoms with Crippen molar-refractivity contribution in [2.75, 3.05) is 18.5 Å². The number of rotatable bonds is 2. The summed E-state index contributed by atoms with van der Waals surface area (Å²) in [6, 6.07) is 10.1. The molecule has 0 N–H and O–H groups in total. The second-order valence-corrected chi connectivity index (χ2v) is 5.06. The molecule has 7 heteroatoms. The molecule has 0 unspecified atom stereocenters. The topological polar surface area (TPSA) is 75.8 Å². The lowest BCUT2D eigenvalue weighted by atomic mass is 10.1. The van der Waals surface area contributed by atoms with Gasteiger partial charge in [-0.05, 0) is 18.2 Å². The highest BCUT2D eigenvalue weighted by Gasteiger charge is 2.25. The lowest BCUT2D eigenvalue weighted by Crippen LogP contribution is -2.27. The van der Waals surface area contributed by atoms with Gasteiger partial charge in [-0.15, -0.1) is 0 Å². The molecule has 0 fully saturated rings. The molecule has 1 aliphatic rings. The number of nitro groups is 1. The van der Waals surface area contributed by atoms with Crippen LogP contribution in [0.3, 0.4) is 0 Å². The molecule has 0 spiro atoms. The summed E-state index contributed by atoms with van der Waals surface area (Å²) in [6.07, 6.45) is 0. The van der Waals surface area contributed by atoms with Crippen molar-refractivity contribution >= 4 is 23.0 Å². The molecule has 6 nitrogen and oxygen atoms in total. The van der Waals surface area contributed by atoms with E-state index in [-0.39, 0.29) is 29.4 Å². The standard InChI is InChI=1S/C16H12FN3O3/c1-19-14-7-6-10(20(22)23)8-12(14)16(18-9-15(19)21)11-4-2-3-5-13(11)17/h2-8H,9H2,1H3/i6+1,7+1,8+1,10+1,12+1,14+1. The molecule has 23 heavy (non-hydrogen) atoms. The van der Waals surface area contributed by atoms with E-state index in [2.05, 4.69) is 4.99 Å². The predicted octanol–water partition coefficient (Wildman–Crippen LogP) is 2.55. The van der Waals surface area contributed by atoms with Crippen LogP contribution in [-0.2, 0) is 4.79 Å². The van der Waals surface area contributed by atoms with Crippen LogP contribution < -0.4 is 4.90 Å². The average Bonchev–Trinajstić information content (AvgIpc) is 2.66. The van der Waals surface area contributed by atoms with Crippen LogP contribution in [0, 0.1) is 15.9 Å². The van der Waals surface area contributed by atoms with E-state index in [4.69, 9.17) is 0 Å². The van der Waals surface area contributed by atoms with Gasteiger partial charge in [-0.25, -0.2) is 4.39 Å². The maximum atomic E-state index is 14.1.